The van der Waals surface area contributed by atoms with Crippen LogP contribution in [0.25, 0.3) is 22.4 Å². The highest BCUT2D eigenvalue weighted by Gasteiger charge is 2.18. The van der Waals surface area contributed by atoms with Crippen molar-refractivity contribution >= 4 is 27.7 Å². The van der Waals surface area contributed by atoms with Crippen LogP contribution < -0.4 is 0 Å². The molecule has 0 aliphatic heterocycles. The van der Waals surface area contributed by atoms with Gasteiger partial charge >= 0.3 is 0 Å². The van der Waals surface area contributed by atoms with Gasteiger partial charge in [-0.25, -0.2) is 4.39 Å². The first-order valence-electron chi connectivity index (χ1n) is 7.08. The molecule has 0 spiro atoms. The molecular weight excluding hydrogens is 377 g/mol. The molecule has 3 rings (SSSR count). The van der Waals surface area contributed by atoms with Crippen molar-refractivity contribution in [2.75, 3.05) is 6.26 Å². The molecule has 5 heteroatoms. The molecule has 0 amide bonds. The van der Waals surface area contributed by atoms with Crippen LogP contribution in [0.4, 0.5) is 4.39 Å². The average Bonchev–Trinajstić information content (AvgIpc) is 2.91. The molecule has 0 bridgehead atoms. The minimum atomic E-state index is -0.228. The molecule has 23 heavy (non-hydrogen) atoms. The van der Waals surface area contributed by atoms with E-state index in [1.54, 1.807) is 12.1 Å². The minimum Gasteiger partial charge on any atom is -0.360 e. The van der Waals surface area contributed by atoms with Gasteiger partial charge in [0.05, 0.1) is 5.56 Å². The van der Waals surface area contributed by atoms with Gasteiger partial charge in [-0.2, -0.15) is 0 Å². The van der Waals surface area contributed by atoms with Gasteiger partial charge in [0.15, 0.2) is 0 Å². The summed E-state index contributed by atoms with van der Waals surface area (Å²) >= 11 is 4.89. The lowest BCUT2D eigenvalue weighted by Gasteiger charge is -2.07. The van der Waals surface area contributed by atoms with E-state index >= 15 is 0 Å². The van der Waals surface area contributed by atoms with E-state index in [1.165, 1.54) is 11.8 Å². The number of hydrogen-bond donors (Lipinski definition) is 0. The van der Waals surface area contributed by atoms with Crippen molar-refractivity contribution < 1.29 is 8.91 Å². The number of rotatable bonds is 3. The van der Waals surface area contributed by atoms with Gasteiger partial charge in [-0.3, -0.25) is 0 Å². The molecule has 118 valence electrons. The van der Waals surface area contributed by atoms with Crippen LogP contribution in [0.15, 0.2) is 50.3 Å². The highest BCUT2D eigenvalue weighted by Crippen LogP contribution is 2.36. The zero-order chi connectivity index (χ0) is 16.6. The maximum absolute atomic E-state index is 14.1. The van der Waals surface area contributed by atoms with Crippen molar-refractivity contribution in [3.05, 3.63) is 58.0 Å². The first-order valence-corrected chi connectivity index (χ1v) is 9.09. The molecule has 0 aliphatic rings. The molecule has 0 unspecified atom stereocenters. The summed E-state index contributed by atoms with van der Waals surface area (Å²) in [5.74, 6) is 0.449. The van der Waals surface area contributed by atoms with Crippen LogP contribution in [0.1, 0.15) is 11.3 Å². The van der Waals surface area contributed by atoms with E-state index in [9.17, 15) is 4.39 Å². The largest absolute Gasteiger partial charge is 0.360 e. The predicted molar refractivity (Wildman–Crippen MR) is 96.3 cm³/mol. The normalized spacial score (nSPS) is 11.0. The number of halogens is 2. The lowest BCUT2D eigenvalue weighted by atomic mass is 9.98. The zero-order valence-electron chi connectivity index (χ0n) is 13.0. The second kappa shape index (κ2) is 6.49. The van der Waals surface area contributed by atoms with Crippen molar-refractivity contribution in [1.82, 2.24) is 5.16 Å². The maximum Gasteiger partial charge on any atom is 0.142 e. The van der Waals surface area contributed by atoms with Crippen LogP contribution in [0.3, 0.4) is 0 Å². The van der Waals surface area contributed by atoms with Crippen molar-refractivity contribution in [2.45, 2.75) is 18.7 Å². The van der Waals surface area contributed by atoms with Crippen LogP contribution in [-0.2, 0) is 0 Å². The molecule has 0 aliphatic carbocycles. The van der Waals surface area contributed by atoms with E-state index in [0.29, 0.717) is 10.7 Å². The number of nitrogens with zero attached hydrogens (tertiary/aromatic N) is 1. The Labute approximate surface area is 147 Å². The summed E-state index contributed by atoms with van der Waals surface area (Å²) in [5.41, 5.74) is 4.40. The lowest BCUT2D eigenvalue weighted by molar-refractivity contribution is 0.400. The summed E-state index contributed by atoms with van der Waals surface area (Å²) in [6, 6.07) is 11.2. The van der Waals surface area contributed by atoms with Crippen LogP contribution in [0, 0.1) is 19.7 Å². The predicted octanol–water partition coefficient (Wildman–Crippen LogP) is 6.25. The van der Waals surface area contributed by atoms with Crippen molar-refractivity contribution in [2.24, 2.45) is 0 Å². The van der Waals surface area contributed by atoms with Gasteiger partial charge < -0.3 is 4.52 Å². The summed E-state index contributed by atoms with van der Waals surface area (Å²) < 4.78 is 20.6. The van der Waals surface area contributed by atoms with Crippen LogP contribution >= 0.6 is 27.7 Å². The van der Waals surface area contributed by atoms with Crippen LogP contribution in [0.2, 0.25) is 0 Å². The molecule has 0 saturated carbocycles. The van der Waals surface area contributed by atoms with Crippen molar-refractivity contribution in [1.29, 1.82) is 0 Å². The van der Waals surface area contributed by atoms with Gasteiger partial charge in [-0.05, 0) is 55.5 Å². The SMILES string of the molecule is CSc1ccc(-c2c(-c3ccc(Br)c(C)c3)noc2C)cc1F. The summed E-state index contributed by atoms with van der Waals surface area (Å²) in [4.78, 5) is 0.629. The third-order valence-electron chi connectivity index (χ3n) is 3.73. The summed E-state index contributed by atoms with van der Waals surface area (Å²) in [7, 11) is 0. The second-order valence-corrected chi connectivity index (χ2v) is 6.98. The minimum absolute atomic E-state index is 0.228. The van der Waals surface area contributed by atoms with E-state index in [1.807, 2.05) is 44.4 Å². The molecule has 0 atom stereocenters. The molecule has 1 heterocycles. The molecular formula is C18H15BrFNOS. The Kier molecular flexibility index (Phi) is 4.60. The molecule has 1 aromatic heterocycles. The van der Waals surface area contributed by atoms with Crippen molar-refractivity contribution in [3.8, 4) is 22.4 Å². The monoisotopic (exact) mass is 391 g/mol. The van der Waals surface area contributed by atoms with Crippen LogP contribution in [0.5, 0.6) is 0 Å². The summed E-state index contributed by atoms with van der Waals surface area (Å²) in [6.45, 7) is 3.87. The number of benzene rings is 2. The fourth-order valence-corrected chi connectivity index (χ4v) is 3.23. The highest BCUT2D eigenvalue weighted by atomic mass is 79.9. The third kappa shape index (κ3) is 3.08. The number of thioether (sulfide) groups is 1. The Morgan fingerprint density at radius 2 is 1.83 bits per heavy atom. The Morgan fingerprint density at radius 3 is 2.48 bits per heavy atom. The molecule has 0 fully saturated rings. The quantitative estimate of drug-likeness (QED) is 0.493. The van der Waals surface area contributed by atoms with Crippen LogP contribution in [-0.4, -0.2) is 11.4 Å². The first kappa shape index (κ1) is 16.3. The van der Waals surface area contributed by atoms with E-state index in [2.05, 4.69) is 21.1 Å². The molecule has 2 nitrogen and oxygen atoms in total. The van der Waals surface area contributed by atoms with E-state index in [4.69, 9.17) is 4.52 Å². The molecule has 3 aromatic rings. The Bertz CT molecular complexity index is 875. The smallest absolute Gasteiger partial charge is 0.142 e. The zero-order valence-corrected chi connectivity index (χ0v) is 15.4. The van der Waals surface area contributed by atoms with Gasteiger partial charge in [0.25, 0.3) is 0 Å². The van der Waals surface area contributed by atoms with Gasteiger partial charge in [0.1, 0.15) is 17.3 Å². The second-order valence-electron chi connectivity index (χ2n) is 5.28. The standard InChI is InChI=1S/C18H15BrFNOS/c1-10-8-13(4-6-14(10)19)18-17(11(2)22-21-18)12-5-7-16(23-3)15(20)9-12/h4-9H,1-3H3. The highest BCUT2D eigenvalue weighted by molar-refractivity contribution is 9.10. The van der Waals surface area contributed by atoms with Gasteiger partial charge in [0.2, 0.25) is 0 Å². The fourth-order valence-electron chi connectivity index (χ4n) is 2.52. The van der Waals surface area contributed by atoms with E-state index in [-0.39, 0.29) is 5.82 Å². The average molecular weight is 392 g/mol. The molecule has 0 N–H and O–H groups in total. The lowest BCUT2D eigenvalue weighted by Crippen LogP contribution is -1.88. The Morgan fingerprint density at radius 1 is 1.09 bits per heavy atom. The van der Waals surface area contributed by atoms with E-state index in [0.717, 1.165) is 32.4 Å². The Hall–Kier alpha value is -1.59. The fraction of sp³-hybridized carbons (Fsp3) is 0.167. The van der Waals surface area contributed by atoms with Gasteiger partial charge in [-0.15, -0.1) is 11.8 Å². The van der Waals surface area contributed by atoms with Crippen molar-refractivity contribution in [3.63, 3.8) is 0 Å². The molecule has 2 aromatic carbocycles. The van der Waals surface area contributed by atoms with Gasteiger partial charge in [0, 0.05) is 14.9 Å². The number of aryl methyl sites for hydroxylation is 2. The topological polar surface area (TPSA) is 26.0 Å². The van der Waals surface area contributed by atoms with E-state index < -0.39 is 0 Å². The molecule has 0 radical (unpaired) electrons. The Balaban J connectivity index is 2.15. The van der Waals surface area contributed by atoms with Gasteiger partial charge in [-0.1, -0.05) is 33.2 Å². The molecule has 0 saturated heterocycles. The number of hydrogen-bond acceptors (Lipinski definition) is 3. The third-order valence-corrected chi connectivity index (χ3v) is 5.40. The number of aromatic nitrogens is 1. The summed E-state index contributed by atoms with van der Waals surface area (Å²) in [5, 5.41) is 4.19. The summed E-state index contributed by atoms with van der Waals surface area (Å²) in [6.07, 6.45) is 1.86. The first-order chi connectivity index (χ1) is 11.0. The maximum atomic E-state index is 14.1.